The van der Waals surface area contributed by atoms with E-state index in [2.05, 4.69) is 0 Å². The number of aliphatic hydroxyl groups is 1. The highest BCUT2D eigenvalue weighted by atomic mass is 16.3. The summed E-state index contributed by atoms with van der Waals surface area (Å²) in [7, 11) is 0. The third-order valence-corrected chi connectivity index (χ3v) is 1.26. The first-order valence-corrected chi connectivity index (χ1v) is 2.99. The molecule has 0 aromatic heterocycles. The molecule has 0 rings (SSSR count). The van der Waals surface area contributed by atoms with Crippen LogP contribution in [-0.4, -0.2) is 11.2 Å². The monoisotopic (exact) mass is 114 g/mol. The minimum absolute atomic E-state index is 0.216. The van der Waals surface area contributed by atoms with Crippen molar-refractivity contribution < 1.29 is 5.11 Å². The maximum Gasteiger partial charge on any atom is 0.0572 e. The molecule has 1 nitrogen and oxygen atoms in total. The van der Waals surface area contributed by atoms with Gasteiger partial charge in [0, 0.05) is 0 Å². The van der Waals surface area contributed by atoms with Crippen molar-refractivity contribution in [1.82, 2.24) is 0 Å². The zero-order valence-electron chi connectivity index (χ0n) is 5.76. The minimum Gasteiger partial charge on any atom is -0.393 e. The largest absolute Gasteiger partial charge is 0.393 e. The van der Waals surface area contributed by atoms with Gasteiger partial charge in [-0.05, 0) is 19.8 Å². The number of rotatable bonds is 2. The summed E-state index contributed by atoms with van der Waals surface area (Å²) < 4.78 is 0. The maximum absolute atomic E-state index is 8.90. The van der Waals surface area contributed by atoms with Gasteiger partial charge in [0.15, 0.2) is 0 Å². The summed E-state index contributed by atoms with van der Waals surface area (Å²) in [6, 6.07) is 0. The number of allylic oxidation sites excluding steroid dienone is 1. The summed E-state index contributed by atoms with van der Waals surface area (Å²) in [5.41, 5.74) is 0. The van der Waals surface area contributed by atoms with Crippen LogP contribution in [-0.2, 0) is 0 Å². The molecule has 0 fully saturated rings. The van der Waals surface area contributed by atoms with Crippen molar-refractivity contribution in [2.75, 3.05) is 0 Å². The van der Waals surface area contributed by atoms with E-state index in [0.717, 1.165) is 0 Å². The molecular weight excluding hydrogens is 100 g/mol. The Bertz CT molecular complexity index is 74.5. The van der Waals surface area contributed by atoms with Gasteiger partial charge in [-0.2, -0.15) is 0 Å². The van der Waals surface area contributed by atoms with Gasteiger partial charge < -0.3 is 5.11 Å². The van der Waals surface area contributed by atoms with Gasteiger partial charge in [0.05, 0.1) is 6.10 Å². The van der Waals surface area contributed by atoms with E-state index >= 15 is 0 Å². The molecule has 1 heteroatoms. The highest BCUT2D eigenvalue weighted by Crippen LogP contribution is 2.02. The van der Waals surface area contributed by atoms with E-state index in [-0.39, 0.29) is 6.10 Å². The Hall–Kier alpha value is -0.300. The molecule has 0 aromatic rings. The number of hydrogen-bond acceptors (Lipinski definition) is 1. The molecule has 0 heterocycles. The zero-order valence-corrected chi connectivity index (χ0v) is 5.76. The van der Waals surface area contributed by atoms with E-state index in [0.29, 0.717) is 5.92 Å². The molecule has 0 aromatic carbocycles. The predicted octanol–water partition coefficient (Wildman–Crippen LogP) is 1.58. The third kappa shape index (κ3) is 2.80. The normalized spacial score (nSPS) is 19.0. The average molecular weight is 114 g/mol. The molecule has 0 aliphatic rings. The van der Waals surface area contributed by atoms with E-state index in [1.165, 1.54) is 0 Å². The lowest BCUT2D eigenvalue weighted by Gasteiger charge is -2.07. The van der Waals surface area contributed by atoms with Gasteiger partial charge in [0.1, 0.15) is 0 Å². The molecule has 0 unspecified atom stereocenters. The number of hydrogen-bond donors (Lipinski definition) is 1. The second-order valence-corrected chi connectivity index (χ2v) is 2.13. The molecule has 48 valence electrons. The lowest BCUT2D eigenvalue weighted by atomic mass is 10.1. The van der Waals surface area contributed by atoms with Crippen LogP contribution in [0.1, 0.15) is 20.8 Å². The summed E-state index contributed by atoms with van der Waals surface area (Å²) in [4.78, 5) is 0. The van der Waals surface area contributed by atoms with Crippen molar-refractivity contribution in [3.05, 3.63) is 12.2 Å². The lowest BCUT2D eigenvalue weighted by molar-refractivity contribution is 0.157. The van der Waals surface area contributed by atoms with Crippen molar-refractivity contribution in [3.8, 4) is 0 Å². The van der Waals surface area contributed by atoms with Crippen molar-refractivity contribution in [3.63, 3.8) is 0 Å². The Balaban J connectivity index is 3.47. The molecule has 0 bridgehead atoms. The highest BCUT2D eigenvalue weighted by molar-refractivity contribution is 4.85. The summed E-state index contributed by atoms with van der Waals surface area (Å²) in [6.07, 6.45) is 3.73. The summed E-state index contributed by atoms with van der Waals surface area (Å²) >= 11 is 0. The molecule has 2 atom stereocenters. The highest BCUT2D eigenvalue weighted by Gasteiger charge is 2.01. The van der Waals surface area contributed by atoms with E-state index in [4.69, 9.17) is 5.11 Å². The van der Waals surface area contributed by atoms with Crippen LogP contribution in [0, 0.1) is 5.92 Å². The Labute approximate surface area is 51.0 Å². The quantitative estimate of drug-likeness (QED) is 0.540. The fourth-order valence-corrected chi connectivity index (χ4v) is 0.464. The third-order valence-electron chi connectivity index (χ3n) is 1.26. The van der Waals surface area contributed by atoms with Crippen LogP contribution in [0.5, 0.6) is 0 Å². The smallest absolute Gasteiger partial charge is 0.0572 e. The van der Waals surface area contributed by atoms with E-state index in [1.54, 1.807) is 6.92 Å². The lowest BCUT2D eigenvalue weighted by Crippen LogP contribution is -2.09. The van der Waals surface area contributed by atoms with Crippen LogP contribution >= 0.6 is 0 Å². The molecule has 0 saturated carbocycles. The van der Waals surface area contributed by atoms with Crippen LogP contribution in [0.15, 0.2) is 12.2 Å². The molecule has 0 saturated heterocycles. The second-order valence-electron chi connectivity index (χ2n) is 2.13. The fourth-order valence-electron chi connectivity index (χ4n) is 0.464. The first-order valence-electron chi connectivity index (χ1n) is 2.99. The van der Waals surface area contributed by atoms with Crippen LogP contribution < -0.4 is 0 Å². The van der Waals surface area contributed by atoms with Gasteiger partial charge in [0.2, 0.25) is 0 Å². The van der Waals surface area contributed by atoms with Gasteiger partial charge in [0.25, 0.3) is 0 Å². The van der Waals surface area contributed by atoms with E-state index < -0.39 is 0 Å². The standard InChI is InChI=1S/C7H14O/c1-4-5-6(2)7(3)8/h4-8H,1-3H3/b5-4-/t6-,7+/m0/s1. The molecule has 0 radical (unpaired) electrons. The van der Waals surface area contributed by atoms with Gasteiger partial charge >= 0.3 is 0 Å². The summed E-state index contributed by atoms with van der Waals surface area (Å²) in [5, 5.41) is 8.90. The number of aliphatic hydroxyl groups excluding tert-OH is 1. The van der Waals surface area contributed by atoms with Crippen LogP contribution in [0.2, 0.25) is 0 Å². The van der Waals surface area contributed by atoms with E-state index in [9.17, 15) is 0 Å². The summed E-state index contributed by atoms with van der Waals surface area (Å²) in [6.45, 7) is 5.74. The maximum atomic E-state index is 8.90. The minimum atomic E-state index is -0.216. The van der Waals surface area contributed by atoms with Crippen molar-refractivity contribution in [2.45, 2.75) is 26.9 Å². The molecule has 1 N–H and O–H groups in total. The molecule has 0 aliphatic carbocycles. The predicted molar refractivity (Wildman–Crippen MR) is 35.7 cm³/mol. The Morgan fingerprint density at radius 1 is 1.38 bits per heavy atom. The first kappa shape index (κ1) is 7.70. The van der Waals surface area contributed by atoms with Crippen molar-refractivity contribution in [1.29, 1.82) is 0 Å². The average Bonchev–Trinajstić information content (AvgIpc) is 1.67. The Kier molecular flexibility index (Phi) is 3.53. The zero-order chi connectivity index (χ0) is 6.57. The fraction of sp³-hybridized carbons (Fsp3) is 0.714. The van der Waals surface area contributed by atoms with Crippen LogP contribution in [0.3, 0.4) is 0 Å². The molecule has 8 heavy (non-hydrogen) atoms. The molecular formula is C7H14O. The van der Waals surface area contributed by atoms with Gasteiger partial charge in [-0.25, -0.2) is 0 Å². The SMILES string of the molecule is C/C=C\[C@H](C)[C@@H](C)O. The van der Waals surface area contributed by atoms with Gasteiger partial charge in [-0.1, -0.05) is 19.1 Å². The van der Waals surface area contributed by atoms with Crippen molar-refractivity contribution >= 4 is 0 Å². The van der Waals surface area contributed by atoms with Crippen LogP contribution in [0.25, 0.3) is 0 Å². The summed E-state index contributed by atoms with van der Waals surface area (Å²) in [5.74, 6) is 0.292. The van der Waals surface area contributed by atoms with Crippen molar-refractivity contribution in [2.24, 2.45) is 5.92 Å². The van der Waals surface area contributed by atoms with Gasteiger partial charge in [-0.15, -0.1) is 0 Å². The Morgan fingerprint density at radius 3 is 2.00 bits per heavy atom. The van der Waals surface area contributed by atoms with Crippen LogP contribution in [0.4, 0.5) is 0 Å². The Morgan fingerprint density at radius 2 is 1.88 bits per heavy atom. The van der Waals surface area contributed by atoms with E-state index in [1.807, 2.05) is 26.0 Å². The first-order chi connectivity index (χ1) is 3.68. The topological polar surface area (TPSA) is 20.2 Å². The molecule has 0 aliphatic heterocycles. The van der Waals surface area contributed by atoms with Gasteiger partial charge in [-0.3, -0.25) is 0 Å². The molecule has 0 amide bonds. The molecule has 0 spiro atoms. The second kappa shape index (κ2) is 3.67.